The number of carbonyl (C=O) groups excluding carboxylic acids is 1. The van der Waals surface area contributed by atoms with E-state index in [-0.39, 0.29) is 17.4 Å². The van der Waals surface area contributed by atoms with Gasteiger partial charge in [-0.3, -0.25) is 14.2 Å². The molecule has 0 aliphatic heterocycles. The van der Waals surface area contributed by atoms with Gasteiger partial charge in [0, 0.05) is 18.6 Å². The largest absolute Gasteiger partial charge is 0.351 e. The van der Waals surface area contributed by atoms with Crippen LogP contribution in [0.4, 0.5) is 0 Å². The van der Waals surface area contributed by atoms with Gasteiger partial charge in [0.2, 0.25) is 5.82 Å². The summed E-state index contributed by atoms with van der Waals surface area (Å²) in [4.78, 5) is 41.4. The quantitative estimate of drug-likeness (QED) is 0.471. The third-order valence-electron chi connectivity index (χ3n) is 4.62. The summed E-state index contributed by atoms with van der Waals surface area (Å²) in [6, 6.07) is 15.8. The molecule has 0 aliphatic rings. The lowest BCUT2D eigenvalue weighted by atomic mass is 10.1. The molecule has 0 saturated heterocycles. The summed E-state index contributed by atoms with van der Waals surface area (Å²) >= 11 is 5.86. The van der Waals surface area contributed by atoms with Crippen molar-refractivity contribution in [3.05, 3.63) is 91.9 Å². The zero-order valence-electron chi connectivity index (χ0n) is 16.9. The van der Waals surface area contributed by atoms with E-state index < -0.39 is 17.2 Å². The monoisotopic (exact) mass is 452 g/mol. The zero-order valence-corrected chi connectivity index (χ0v) is 17.6. The number of para-hydroxylation sites is 1. The van der Waals surface area contributed by atoms with Crippen LogP contribution in [0.5, 0.6) is 0 Å². The van der Waals surface area contributed by atoms with E-state index >= 15 is 0 Å². The normalized spacial score (nSPS) is 10.8. The molecule has 0 atom stereocenters. The molecular formula is C21H17ClN6O4. The van der Waals surface area contributed by atoms with Crippen LogP contribution in [-0.2, 0) is 13.5 Å². The van der Waals surface area contributed by atoms with Crippen LogP contribution in [0, 0.1) is 0 Å². The van der Waals surface area contributed by atoms with Crippen LogP contribution < -0.4 is 16.6 Å². The Balaban J connectivity index is 1.54. The Morgan fingerprint density at radius 3 is 2.53 bits per heavy atom. The van der Waals surface area contributed by atoms with Gasteiger partial charge in [0.05, 0.1) is 5.69 Å². The number of halogens is 1. The van der Waals surface area contributed by atoms with Crippen LogP contribution >= 0.6 is 11.6 Å². The van der Waals surface area contributed by atoms with E-state index in [0.29, 0.717) is 23.7 Å². The molecule has 0 radical (unpaired) electrons. The van der Waals surface area contributed by atoms with Crippen molar-refractivity contribution in [3.8, 4) is 17.2 Å². The molecule has 0 aliphatic carbocycles. The molecule has 32 heavy (non-hydrogen) atoms. The molecule has 162 valence electrons. The number of rotatable bonds is 6. The summed E-state index contributed by atoms with van der Waals surface area (Å²) in [6.45, 7) is 0.330. The second kappa shape index (κ2) is 8.98. The van der Waals surface area contributed by atoms with Crippen molar-refractivity contribution in [2.45, 2.75) is 6.42 Å². The maximum absolute atomic E-state index is 12.6. The molecule has 1 amide bonds. The molecular weight excluding hydrogens is 436 g/mol. The van der Waals surface area contributed by atoms with Crippen LogP contribution in [0.3, 0.4) is 0 Å². The van der Waals surface area contributed by atoms with Crippen LogP contribution in [0.2, 0.25) is 5.02 Å². The van der Waals surface area contributed by atoms with E-state index in [9.17, 15) is 14.4 Å². The number of hydrogen-bond donors (Lipinski definition) is 1. The summed E-state index contributed by atoms with van der Waals surface area (Å²) in [5.74, 6) is -1.11. The van der Waals surface area contributed by atoms with Gasteiger partial charge in [-0.2, -0.15) is 14.8 Å². The minimum absolute atomic E-state index is 0.196. The Morgan fingerprint density at radius 2 is 1.81 bits per heavy atom. The molecule has 0 unspecified atom stereocenters. The number of benzene rings is 2. The Morgan fingerprint density at radius 1 is 1.09 bits per heavy atom. The SMILES string of the molecule is Cn1c(=O)c(-c2noc(C(=O)NCCc3ccc(Cl)cc3)n2)nn(-c2ccccc2)c1=O. The van der Waals surface area contributed by atoms with Crippen molar-refractivity contribution < 1.29 is 9.32 Å². The Bertz CT molecular complexity index is 1380. The molecule has 0 bridgehead atoms. The highest BCUT2D eigenvalue weighted by Crippen LogP contribution is 2.11. The minimum Gasteiger partial charge on any atom is -0.347 e. The van der Waals surface area contributed by atoms with Crippen LogP contribution in [0.1, 0.15) is 16.2 Å². The minimum atomic E-state index is -0.710. The average molecular weight is 453 g/mol. The first-order chi connectivity index (χ1) is 15.4. The van der Waals surface area contributed by atoms with Gasteiger partial charge in [-0.1, -0.05) is 47.1 Å². The lowest BCUT2D eigenvalue weighted by Gasteiger charge is -2.07. The third-order valence-corrected chi connectivity index (χ3v) is 4.87. The van der Waals surface area contributed by atoms with E-state index in [1.54, 1.807) is 42.5 Å². The summed E-state index contributed by atoms with van der Waals surface area (Å²) in [6.07, 6.45) is 0.577. The molecule has 2 heterocycles. The number of nitrogens with one attached hydrogen (secondary N) is 1. The van der Waals surface area contributed by atoms with Crippen molar-refractivity contribution in [2.75, 3.05) is 6.54 Å². The van der Waals surface area contributed by atoms with E-state index in [1.807, 2.05) is 12.1 Å². The highest BCUT2D eigenvalue weighted by molar-refractivity contribution is 6.30. The average Bonchev–Trinajstić information content (AvgIpc) is 3.30. The first-order valence-electron chi connectivity index (χ1n) is 9.56. The van der Waals surface area contributed by atoms with Crippen LogP contribution in [0.15, 0.2) is 68.7 Å². The van der Waals surface area contributed by atoms with Gasteiger partial charge in [-0.25, -0.2) is 4.79 Å². The summed E-state index contributed by atoms with van der Waals surface area (Å²) < 4.78 is 6.94. The number of nitrogens with zero attached hydrogens (tertiary/aromatic N) is 5. The summed E-state index contributed by atoms with van der Waals surface area (Å²) in [5.41, 5.74) is -0.110. The van der Waals surface area contributed by atoms with E-state index in [2.05, 4.69) is 20.6 Å². The summed E-state index contributed by atoms with van der Waals surface area (Å²) in [7, 11) is 1.32. The third kappa shape index (κ3) is 4.35. The molecule has 2 aromatic heterocycles. The predicted octanol–water partition coefficient (Wildman–Crippen LogP) is 1.61. The molecule has 10 nitrogen and oxygen atoms in total. The Kier molecular flexibility index (Phi) is 5.95. The van der Waals surface area contributed by atoms with Gasteiger partial charge in [-0.05, 0) is 36.2 Å². The topological polar surface area (TPSA) is 125 Å². The fraction of sp³-hybridized carbons (Fsp3) is 0.143. The smallest absolute Gasteiger partial charge is 0.347 e. The summed E-state index contributed by atoms with van der Waals surface area (Å²) in [5, 5.41) is 11.1. The second-order valence-electron chi connectivity index (χ2n) is 6.80. The number of amides is 1. The number of aromatic nitrogens is 5. The van der Waals surface area contributed by atoms with Crippen molar-refractivity contribution in [1.82, 2.24) is 29.8 Å². The van der Waals surface area contributed by atoms with Crippen LogP contribution in [-0.4, -0.2) is 36.9 Å². The molecule has 0 spiro atoms. The zero-order chi connectivity index (χ0) is 22.7. The lowest BCUT2D eigenvalue weighted by molar-refractivity contribution is 0.0910. The molecule has 0 saturated carbocycles. The fourth-order valence-corrected chi connectivity index (χ4v) is 3.04. The molecule has 2 aromatic carbocycles. The van der Waals surface area contributed by atoms with E-state index in [1.165, 1.54) is 7.05 Å². The second-order valence-corrected chi connectivity index (χ2v) is 7.23. The standard InChI is InChI=1S/C21H17ClN6O4/c1-27-20(30)16(25-28(21(27)31)15-5-3-2-4-6-15)17-24-19(32-26-17)18(29)23-12-11-13-7-9-14(22)10-8-13/h2-10H,11-12H2,1H3,(H,23,29). The van der Waals surface area contributed by atoms with Gasteiger partial charge in [0.25, 0.3) is 5.56 Å². The maximum atomic E-state index is 12.6. The molecule has 4 aromatic rings. The highest BCUT2D eigenvalue weighted by atomic mass is 35.5. The van der Waals surface area contributed by atoms with Gasteiger partial charge in [0.15, 0.2) is 5.69 Å². The Hall–Kier alpha value is -4.05. The van der Waals surface area contributed by atoms with Crippen molar-refractivity contribution in [2.24, 2.45) is 7.05 Å². The fourth-order valence-electron chi connectivity index (χ4n) is 2.91. The van der Waals surface area contributed by atoms with Gasteiger partial charge < -0.3 is 9.84 Å². The Labute approximate surface area is 186 Å². The highest BCUT2D eigenvalue weighted by Gasteiger charge is 2.21. The first-order valence-corrected chi connectivity index (χ1v) is 9.94. The van der Waals surface area contributed by atoms with E-state index in [4.69, 9.17) is 16.1 Å². The van der Waals surface area contributed by atoms with Crippen LogP contribution in [0.25, 0.3) is 17.2 Å². The maximum Gasteiger partial charge on any atom is 0.351 e. The van der Waals surface area contributed by atoms with Crippen molar-refractivity contribution in [1.29, 1.82) is 0 Å². The van der Waals surface area contributed by atoms with Gasteiger partial charge in [0.1, 0.15) is 0 Å². The number of hydrogen-bond acceptors (Lipinski definition) is 7. The van der Waals surface area contributed by atoms with Crippen molar-refractivity contribution in [3.63, 3.8) is 0 Å². The van der Waals surface area contributed by atoms with Crippen molar-refractivity contribution >= 4 is 17.5 Å². The molecule has 11 heteroatoms. The van der Waals surface area contributed by atoms with Gasteiger partial charge in [-0.15, -0.1) is 0 Å². The van der Waals surface area contributed by atoms with E-state index in [0.717, 1.165) is 14.8 Å². The first kappa shape index (κ1) is 21.2. The predicted molar refractivity (Wildman–Crippen MR) is 116 cm³/mol. The molecule has 4 rings (SSSR count). The van der Waals surface area contributed by atoms with Gasteiger partial charge >= 0.3 is 17.5 Å². The molecule has 0 fully saturated rings. The molecule has 1 N–H and O–H groups in total. The lowest BCUT2D eigenvalue weighted by Crippen LogP contribution is -2.40. The number of carbonyl (C=O) groups is 1.